The van der Waals surface area contributed by atoms with Gasteiger partial charge < -0.3 is 9.88 Å². The first-order chi connectivity index (χ1) is 7.92. The third-order valence-corrected chi connectivity index (χ3v) is 3.18. The number of rotatable bonds is 6. The predicted octanol–water partition coefficient (Wildman–Crippen LogP) is 1.89. The fourth-order valence-corrected chi connectivity index (χ4v) is 2.20. The lowest BCUT2D eigenvalue weighted by Crippen LogP contribution is -2.20. The van der Waals surface area contributed by atoms with Crippen LogP contribution in [-0.2, 0) is 19.5 Å². The van der Waals surface area contributed by atoms with Crippen LogP contribution >= 0.6 is 0 Å². The van der Waals surface area contributed by atoms with Gasteiger partial charge in [0.1, 0.15) is 11.6 Å². The van der Waals surface area contributed by atoms with E-state index >= 15 is 0 Å². The van der Waals surface area contributed by atoms with Gasteiger partial charge in [-0.05, 0) is 25.8 Å². The molecule has 0 atom stereocenters. The van der Waals surface area contributed by atoms with Gasteiger partial charge in [0, 0.05) is 13.0 Å². The summed E-state index contributed by atoms with van der Waals surface area (Å²) in [4.78, 5) is 0. The number of hydrogen-bond acceptors (Lipinski definition) is 3. The predicted molar refractivity (Wildman–Crippen MR) is 64.2 cm³/mol. The molecule has 0 spiro atoms. The van der Waals surface area contributed by atoms with Gasteiger partial charge in [0.2, 0.25) is 0 Å². The van der Waals surface area contributed by atoms with Gasteiger partial charge in [0.15, 0.2) is 0 Å². The molecule has 1 aromatic heterocycles. The maximum Gasteiger partial charge on any atom is 0.147 e. The Labute approximate surface area is 97.5 Å². The van der Waals surface area contributed by atoms with E-state index < -0.39 is 0 Å². The van der Waals surface area contributed by atoms with Crippen molar-refractivity contribution in [1.82, 2.24) is 20.1 Å². The molecule has 4 nitrogen and oxygen atoms in total. The van der Waals surface area contributed by atoms with Gasteiger partial charge in [-0.3, -0.25) is 0 Å². The smallest absolute Gasteiger partial charge is 0.147 e. The van der Waals surface area contributed by atoms with Crippen LogP contribution in [0, 0.1) is 0 Å². The normalized spacial score (nSPS) is 15.1. The third kappa shape index (κ3) is 2.82. The van der Waals surface area contributed by atoms with Crippen molar-refractivity contribution in [3.8, 4) is 0 Å². The van der Waals surface area contributed by atoms with Crippen LogP contribution in [0.2, 0.25) is 0 Å². The molecule has 1 aromatic rings. The highest BCUT2D eigenvalue weighted by Crippen LogP contribution is 2.13. The maximum atomic E-state index is 4.27. The first-order valence-electron chi connectivity index (χ1n) is 6.53. The van der Waals surface area contributed by atoms with Crippen molar-refractivity contribution in [3.63, 3.8) is 0 Å². The number of fused-ring (bicyclic) bond motifs is 1. The number of nitrogens with zero attached hydrogens (tertiary/aromatic N) is 3. The summed E-state index contributed by atoms with van der Waals surface area (Å²) in [5.41, 5.74) is 0. The molecule has 0 bridgehead atoms. The summed E-state index contributed by atoms with van der Waals surface area (Å²) < 4.78 is 2.29. The zero-order valence-electron chi connectivity index (χ0n) is 10.2. The van der Waals surface area contributed by atoms with Gasteiger partial charge in [-0.1, -0.05) is 19.8 Å². The van der Waals surface area contributed by atoms with Gasteiger partial charge in [-0.15, -0.1) is 10.2 Å². The lowest BCUT2D eigenvalue weighted by molar-refractivity contribution is 0.495. The Balaban J connectivity index is 1.78. The van der Waals surface area contributed by atoms with E-state index in [4.69, 9.17) is 0 Å². The molecule has 16 heavy (non-hydrogen) atoms. The molecule has 0 saturated heterocycles. The van der Waals surface area contributed by atoms with Crippen molar-refractivity contribution < 1.29 is 0 Å². The fourth-order valence-electron chi connectivity index (χ4n) is 2.20. The molecule has 4 heteroatoms. The van der Waals surface area contributed by atoms with E-state index in [1.165, 1.54) is 37.9 Å². The molecular weight excluding hydrogens is 200 g/mol. The third-order valence-electron chi connectivity index (χ3n) is 3.18. The summed E-state index contributed by atoms with van der Waals surface area (Å²) in [6.45, 7) is 5.30. The van der Waals surface area contributed by atoms with Crippen molar-refractivity contribution in [1.29, 1.82) is 0 Å². The van der Waals surface area contributed by atoms with E-state index in [0.29, 0.717) is 0 Å². The van der Waals surface area contributed by atoms with Gasteiger partial charge in [0.25, 0.3) is 0 Å². The van der Waals surface area contributed by atoms with Crippen LogP contribution in [0.5, 0.6) is 0 Å². The van der Waals surface area contributed by atoms with Crippen molar-refractivity contribution in [2.24, 2.45) is 0 Å². The minimum absolute atomic E-state index is 0.872. The van der Waals surface area contributed by atoms with E-state index in [2.05, 4.69) is 27.0 Å². The maximum absolute atomic E-state index is 4.27. The van der Waals surface area contributed by atoms with Gasteiger partial charge in [-0.2, -0.15) is 0 Å². The van der Waals surface area contributed by atoms with Crippen LogP contribution in [0.4, 0.5) is 0 Å². The van der Waals surface area contributed by atoms with Crippen molar-refractivity contribution >= 4 is 0 Å². The van der Waals surface area contributed by atoms with Crippen LogP contribution in [0.3, 0.4) is 0 Å². The molecule has 0 saturated carbocycles. The van der Waals surface area contributed by atoms with Crippen LogP contribution < -0.4 is 5.32 Å². The van der Waals surface area contributed by atoms with Crippen molar-refractivity contribution in [3.05, 3.63) is 11.6 Å². The molecule has 0 unspecified atom stereocenters. The molecule has 0 amide bonds. The summed E-state index contributed by atoms with van der Waals surface area (Å²) in [5.74, 6) is 2.29. The zero-order valence-corrected chi connectivity index (χ0v) is 10.2. The number of aryl methyl sites for hydroxylation is 1. The van der Waals surface area contributed by atoms with Crippen LogP contribution in [0.25, 0.3) is 0 Å². The zero-order chi connectivity index (χ0) is 11.2. The average molecular weight is 222 g/mol. The van der Waals surface area contributed by atoms with Crippen LogP contribution in [-0.4, -0.2) is 21.3 Å². The molecule has 0 aromatic carbocycles. The highest BCUT2D eigenvalue weighted by molar-refractivity contribution is 4.98. The van der Waals surface area contributed by atoms with Gasteiger partial charge in [0.05, 0.1) is 6.54 Å². The molecule has 1 N–H and O–H groups in total. The van der Waals surface area contributed by atoms with Gasteiger partial charge >= 0.3 is 0 Å². The quantitative estimate of drug-likeness (QED) is 0.747. The van der Waals surface area contributed by atoms with E-state index in [-0.39, 0.29) is 0 Å². The topological polar surface area (TPSA) is 42.7 Å². The molecule has 0 radical (unpaired) electrons. The Morgan fingerprint density at radius 2 is 2.19 bits per heavy atom. The largest absolute Gasteiger partial charge is 0.314 e. The molecule has 1 aliphatic rings. The number of aromatic nitrogens is 3. The first kappa shape index (κ1) is 11.6. The molecule has 2 rings (SSSR count). The SMILES string of the molecule is CCCCCNCc1nnc2n1CCCC2. The Bertz CT molecular complexity index is 319. The highest BCUT2D eigenvalue weighted by atomic mass is 15.3. The monoisotopic (exact) mass is 222 g/mol. The van der Waals surface area contributed by atoms with E-state index in [0.717, 1.165) is 31.9 Å². The van der Waals surface area contributed by atoms with Crippen molar-refractivity contribution in [2.45, 2.75) is 58.5 Å². The Morgan fingerprint density at radius 3 is 3.06 bits per heavy atom. The fraction of sp³-hybridized carbons (Fsp3) is 0.833. The molecule has 90 valence electrons. The standard InChI is InChI=1S/C12H22N4/c1-2-3-5-8-13-10-12-15-14-11-7-4-6-9-16(11)12/h13H,2-10H2,1H3. The minimum Gasteiger partial charge on any atom is -0.314 e. The summed E-state index contributed by atoms with van der Waals surface area (Å²) in [7, 11) is 0. The lowest BCUT2D eigenvalue weighted by Gasteiger charge is -2.14. The first-order valence-corrected chi connectivity index (χ1v) is 6.53. The summed E-state index contributed by atoms with van der Waals surface area (Å²) >= 11 is 0. The van der Waals surface area contributed by atoms with Crippen LogP contribution in [0.15, 0.2) is 0 Å². The van der Waals surface area contributed by atoms with Gasteiger partial charge in [-0.25, -0.2) is 0 Å². The molecule has 0 fully saturated rings. The summed E-state index contributed by atoms with van der Waals surface area (Å²) in [6, 6.07) is 0. The summed E-state index contributed by atoms with van der Waals surface area (Å²) in [6.07, 6.45) is 7.49. The van der Waals surface area contributed by atoms with Crippen molar-refractivity contribution in [2.75, 3.05) is 6.54 Å². The number of unbranched alkanes of at least 4 members (excludes halogenated alkanes) is 2. The summed E-state index contributed by atoms with van der Waals surface area (Å²) in [5, 5.41) is 12.0. The molecular formula is C12H22N4. The van der Waals surface area contributed by atoms with E-state index in [9.17, 15) is 0 Å². The average Bonchev–Trinajstić information content (AvgIpc) is 2.73. The molecule has 0 aliphatic carbocycles. The second kappa shape index (κ2) is 5.99. The second-order valence-electron chi connectivity index (χ2n) is 4.53. The molecule has 1 aliphatic heterocycles. The number of hydrogen-bond donors (Lipinski definition) is 1. The van der Waals surface area contributed by atoms with Crippen LogP contribution in [0.1, 0.15) is 50.7 Å². The van der Waals surface area contributed by atoms with E-state index in [1.54, 1.807) is 0 Å². The highest BCUT2D eigenvalue weighted by Gasteiger charge is 2.14. The Kier molecular flexibility index (Phi) is 4.34. The minimum atomic E-state index is 0.872. The van der Waals surface area contributed by atoms with E-state index in [1.807, 2.05) is 0 Å². The second-order valence-corrected chi connectivity index (χ2v) is 4.53. The lowest BCUT2D eigenvalue weighted by atomic mass is 10.2. The Hall–Kier alpha value is -0.900. The molecule has 2 heterocycles. The number of nitrogens with one attached hydrogen (secondary N) is 1. The Morgan fingerprint density at radius 1 is 1.25 bits per heavy atom.